The molecule has 0 amide bonds. The zero-order valence-corrected chi connectivity index (χ0v) is 6.31. The van der Waals surface area contributed by atoms with E-state index in [1.165, 1.54) is 6.92 Å². The van der Waals surface area contributed by atoms with Gasteiger partial charge in [-0.2, -0.15) is 0 Å². The molecule has 66 valence electrons. The van der Waals surface area contributed by atoms with E-state index in [-0.39, 0.29) is 0 Å². The molecule has 1 nitrogen and oxygen atoms in total. The number of benzene rings is 1. The van der Waals surface area contributed by atoms with Gasteiger partial charge in [-0.05, 0) is 6.92 Å². The highest BCUT2D eigenvalue weighted by Gasteiger charge is 2.15. The Balaban J connectivity index is 3.28. The largest absolute Gasteiger partial charge is 0.388 e. The molecule has 0 aromatic heterocycles. The van der Waals surface area contributed by atoms with Gasteiger partial charge >= 0.3 is 0 Å². The van der Waals surface area contributed by atoms with E-state index in [1.807, 2.05) is 0 Å². The molecule has 0 radical (unpaired) electrons. The molecule has 0 bridgehead atoms. The second-order valence-corrected chi connectivity index (χ2v) is 2.46. The molecule has 0 heterocycles. The minimum atomic E-state index is -1.27. The van der Waals surface area contributed by atoms with Gasteiger partial charge < -0.3 is 5.11 Å². The summed E-state index contributed by atoms with van der Waals surface area (Å²) in [7, 11) is 0. The van der Waals surface area contributed by atoms with E-state index in [9.17, 15) is 13.2 Å². The van der Waals surface area contributed by atoms with Crippen molar-refractivity contribution in [1.82, 2.24) is 0 Å². The summed E-state index contributed by atoms with van der Waals surface area (Å²) in [4.78, 5) is 0. The monoisotopic (exact) mass is 176 g/mol. The van der Waals surface area contributed by atoms with Crippen molar-refractivity contribution in [3.63, 3.8) is 0 Å². The molecule has 12 heavy (non-hydrogen) atoms. The van der Waals surface area contributed by atoms with Gasteiger partial charge in [0.25, 0.3) is 0 Å². The molecule has 1 atom stereocenters. The molecule has 0 aliphatic heterocycles. The highest BCUT2D eigenvalue weighted by Crippen LogP contribution is 2.21. The number of hydrogen-bond acceptors (Lipinski definition) is 1. The maximum absolute atomic E-state index is 12.7. The maximum Gasteiger partial charge on any atom is 0.134 e. The van der Waals surface area contributed by atoms with E-state index in [0.717, 1.165) is 0 Å². The van der Waals surface area contributed by atoms with Gasteiger partial charge in [-0.1, -0.05) is 0 Å². The van der Waals surface area contributed by atoms with Gasteiger partial charge in [0.1, 0.15) is 17.5 Å². The Morgan fingerprint density at radius 3 is 1.92 bits per heavy atom. The van der Waals surface area contributed by atoms with E-state index in [1.54, 1.807) is 0 Å². The lowest BCUT2D eigenvalue weighted by Crippen LogP contribution is -2.01. The van der Waals surface area contributed by atoms with Crippen LogP contribution in [0.2, 0.25) is 0 Å². The van der Waals surface area contributed by atoms with Crippen LogP contribution >= 0.6 is 0 Å². The highest BCUT2D eigenvalue weighted by molar-refractivity contribution is 5.22. The fraction of sp³-hybridized carbons (Fsp3) is 0.250. The topological polar surface area (TPSA) is 20.2 Å². The van der Waals surface area contributed by atoms with Crippen molar-refractivity contribution in [3.8, 4) is 0 Å². The average molecular weight is 176 g/mol. The standard InChI is InChI=1S/C8H7F3O/c1-4(12)8-6(10)2-5(9)3-7(8)11/h2-4,12H,1H3/t4-/m1/s1. The summed E-state index contributed by atoms with van der Waals surface area (Å²) in [6.07, 6.45) is -1.27. The summed E-state index contributed by atoms with van der Waals surface area (Å²) in [6, 6.07) is 1.07. The second-order valence-electron chi connectivity index (χ2n) is 2.46. The number of aliphatic hydroxyl groups excluding tert-OH is 1. The SMILES string of the molecule is C[C@@H](O)c1c(F)cc(F)cc1F. The lowest BCUT2D eigenvalue weighted by atomic mass is 10.1. The Morgan fingerprint density at radius 2 is 1.58 bits per heavy atom. The Morgan fingerprint density at radius 1 is 1.17 bits per heavy atom. The minimum absolute atomic E-state index is 0.503. The van der Waals surface area contributed by atoms with Crippen molar-refractivity contribution in [1.29, 1.82) is 0 Å². The van der Waals surface area contributed by atoms with Crippen LogP contribution < -0.4 is 0 Å². The normalized spacial score (nSPS) is 13.1. The van der Waals surface area contributed by atoms with Gasteiger partial charge in [-0.3, -0.25) is 0 Å². The van der Waals surface area contributed by atoms with Gasteiger partial charge in [0.15, 0.2) is 0 Å². The Labute approximate surface area is 67.5 Å². The van der Waals surface area contributed by atoms with Crippen LogP contribution in [0.4, 0.5) is 13.2 Å². The number of rotatable bonds is 1. The van der Waals surface area contributed by atoms with Crippen LogP contribution in [0.3, 0.4) is 0 Å². The summed E-state index contributed by atoms with van der Waals surface area (Å²) >= 11 is 0. The van der Waals surface area contributed by atoms with E-state index < -0.39 is 29.1 Å². The molecule has 0 fully saturated rings. The van der Waals surface area contributed by atoms with Crippen LogP contribution in [0, 0.1) is 17.5 Å². The Bertz CT molecular complexity index is 273. The van der Waals surface area contributed by atoms with Crippen molar-refractivity contribution in [2.24, 2.45) is 0 Å². The fourth-order valence-corrected chi connectivity index (χ4v) is 0.952. The second kappa shape index (κ2) is 3.15. The van der Waals surface area contributed by atoms with Crippen molar-refractivity contribution in [2.75, 3.05) is 0 Å². The summed E-state index contributed by atoms with van der Waals surface area (Å²) < 4.78 is 37.8. The quantitative estimate of drug-likeness (QED) is 0.695. The zero-order valence-electron chi connectivity index (χ0n) is 6.31. The molecule has 0 saturated carbocycles. The van der Waals surface area contributed by atoms with Crippen LogP contribution in [0.25, 0.3) is 0 Å². The fourth-order valence-electron chi connectivity index (χ4n) is 0.952. The van der Waals surface area contributed by atoms with Crippen LogP contribution in [0.1, 0.15) is 18.6 Å². The molecule has 0 saturated heterocycles. The first kappa shape index (κ1) is 9.06. The van der Waals surface area contributed by atoms with Gasteiger partial charge in [0.2, 0.25) is 0 Å². The van der Waals surface area contributed by atoms with Crippen LogP contribution in [0.15, 0.2) is 12.1 Å². The summed E-state index contributed by atoms with van der Waals surface area (Å²) in [6.45, 7) is 1.21. The molecule has 0 unspecified atom stereocenters. The summed E-state index contributed by atoms with van der Waals surface area (Å²) in [5, 5.41) is 8.87. The summed E-state index contributed by atoms with van der Waals surface area (Å²) in [5.74, 6) is -3.13. The van der Waals surface area contributed by atoms with Crippen molar-refractivity contribution < 1.29 is 18.3 Å². The molecule has 0 spiro atoms. The minimum Gasteiger partial charge on any atom is -0.388 e. The third-order valence-corrected chi connectivity index (χ3v) is 1.46. The molecule has 1 aromatic carbocycles. The average Bonchev–Trinajstić information content (AvgIpc) is 1.82. The molecule has 1 rings (SSSR count). The van der Waals surface area contributed by atoms with Gasteiger partial charge in [-0.15, -0.1) is 0 Å². The lowest BCUT2D eigenvalue weighted by molar-refractivity contribution is 0.188. The number of hydrogen-bond donors (Lipinski definition) is 1. The molecule has 1 aromatic rings. The highest BCUT2D eigenvalue weighted by atomic mass is 19.1. The van der Waals surface area contributed by atoms with Crippen LogP contribution in [0.5, 0.6) is 0 Å². The molecule has 4 heteroatoms. The van der Waals surface area contributed by atoms with E-state index >= 15 is 0 Å². The van der Waals surface area contributed by atoms with E-state index in [0.29, 0.717) is 12.1 Å². The zero-order chi connectivity index (χ0) is 9.30. The first-order valence-electron chi connectivity index (χ1n) is 3.35. The first-order valence-corrected chi connectivity index (χ1v) is 3.35. The third-order valence-electron chi connectivity index (χ3n) is 1.46. The van der Waals surface area contributed by atoms with Crippen LogP contribution in [-0.2, 0) is 0 Å². The van der Waals surface area contributed by atoms with Gasteiger partial charge in [0.05, 0.1) is 11.7 Å². The number of halogens is 3. The lowest BCUT2D eigenvalue weighted by Gasteiger charge is -2.06. The van der Waals surface area contributed by atoms with Crippen LogP contribution in [-0.4, -0.2) is 5.11 Å². The third kappa shape index (κ3) is 1.58. The molecule has 0 aliphatic carbocycles. The van der Waals surface area contributed by atoms with Gasteiger partial charge in [-0.25, -0.2) is 13.2 Å². The Hall–Kier alpha value is -1.03. The predicted octanol–water partition coefficient (Wildman–Crippen LogP) is 2.16. The first-order chi connectivity index (χ1) is 5.52. The van der Waals surface area contributed by atoms with Crippen molar-refractivity contribution in [3.05, 3.63) is 35.1 Å². The van der Waals surface area contributed by atoms with Gasteiger partial charge in [0, 0.05) is 12.1 Å². The van der Waals surface area contributed by atoms with Crippen molar-refractivity contribution in [2.45, 2.75) is 13.0 Å². The molecule has 1 N–H and O–H groups in total. The predicted molar refractivity (Wildman–Crippen MR) is 36.9 cm³/mol. The molecular formula is C8H7F3O. The molecule has 0 aliphatic rings. The molecular weight excluding hydrogens is 169 g/mol. The summed E-state index contributed by atoms with van der Waals surface area (Å²) in [5.41, 5.74) is -0.503. The Kier molecular flexibility index (Phi) is 2.38. The van der Waals surface area contributed by atoms with E-state index in [4.69, 9.17) is 5.11 Å². The maximum atomic E-state index is 12.7. The smallest absolute Gasteiger partial charge is 0.134 e. The van der Waals surface area contributed by atoms with E-state index in [2.05, 4.69) is 0 Å². The number of aliphatic hydroxyl groups is 1. The van der Waals surface area contributed by atoms with Crippen molar-refractivity contribution >= 4 is 0 Å².